The van der Waals surface area contributed by atoms with Crippen LogP contribution in [-0.4, -0.2) is 40.2 Å². The second-order valence-corrected chi connectivity index (χ2v) is 15.4. The fraction of sp³-hybridized carbons (Fsp3) is 0.429. The van der Waals surface area contributed by atoms with Gasteiger partial charge in [0.2, 0.25) is 0 Å². The Hall–Kier alpha value is -2.90. The summed E-state index contributed by atoms with van der Waals surface area (Å²) in [4.78, 5) is 27.0. The monoisotopic (exact) mass is 494 g/mol. The number of carbonyl (C=O) groups excluding carboxylic acids is 2. The molecule has 0 N–H and O–H groups in total. The molecule has 7 heteroatoms. The fourth-order valence-electron chi connectivity index (χ4n) is 4.56. The van der Waals surface area contributed by atoms with Gasteiger partial charge in [0.05, 0.1) is 37.2 Å². The number of ketones is 2. The molecule has 0 bridgehead atoms. The van der Waals surface area contributed by atoms with Gasteiger partial charge in [-0.25, -0.2) is 0 Å². The topological polar surface area (TPSA) is 71.1 Å². The van der Waals surface area contributed by atoms with E-state index in [4.69, 9.17) is 18.6 Å². The van der Waals surface area contributed by atoms with Crippen LogP contribution in [0.1, 0.15) is 77.6 Å². The van der Waals surface area contributed by atoms with Gasteiger partial charge < -0.3 is 18.6 Å². The molecule has 0 amide bonds. The summed E-state index contributed by atoms with van der Waals surface area (Å²) in [5, 5.41) is 0.0767. The molecule has 0 unspecified atom stereocenters. The highest BCUT2D eigenvalue weighted by atomic mass is 28.4. The van der Waals surface area contributed by atoms with Crippen LogP contribution in [0.4, 0.5) is 0 Å². The van der Waals surface area contributed by atoms with Crippen molar-refractivity contribution in [3.05, 3.63) is 70.0 Å². The first-order valence-corrected chi connectivity index (χ1v) is 14.8. The van der Waals surface area contributed by atoms with Crippen molar-refractivity contribution in [3.8, 4) is 11.5 Å². The van der Waals surface area contributed by atoms with Gasteiger partial charge in [-0.15, -0.1) is 0 Å². The zero-order valence-electron chi connectivity index (χ0n) is 21.8. The van der Waals surface area contributed by atoms with E-state index in [0.717, 1.165) is 11.3 Å². The average Bonchev–Trinajstić information content (AvgIpc) is 2.79. The summed E-state index contributed by atoms with van der Waals surface area (Å²) in [6.07, 6.45) is 2.13. The van der Waals surface area contributed by atoms with Gasteiger partial charge in [-0.05, 0) is 43.3 Å². The first-order valence-electron chi connectivity index (χ1n) is 11.9. The molecule has 0 saturated carbocycles. The Labute approximate surface area is 208 Å². The molecular formula is C28H34O6Si. The highest BCUT2D eigenvalue weighted by molar-refractivity contribution is 6.74. The van der Waals surface area contributed by atoms with Crippen LogP contribution < -0.4 is 9.47 Å². The number of methoxy groups -OCH3 is 2. The Balaban J connectivity index is 1.75. The highest BCUT2D eigenvalue weighted by Crippen LogP contribution is 2.45. The van der Waals surface area contributed by atoms with Crippen LogP contribution in [0.15, 0.2) is 42.2 Å². The quantitative estimate of drug-likeness (QED) is 0.391. The number of benzene rings is 2. The molecule has 0 radical (unpaired) electrons. The third-order valence-corrected chi connectivity index (χ3v) is 11.9. The zero-order valence-corrected chi connectivity index (χ0v) is 22.8. The summed E-state index contributed by atoms with van der Waals surface area (Å²) in [6, 6.07) is 8.58. The maximum atomic E-state index is 13.6. The van der Waals surface area contributed by atoms with Crippen molar-refractivity contribution in [2.45, 2.75) is 64.5 Å². The molecule has 35 heavy (non-hydrogen) atoms. The lowest BCUT2D eigenvalue weighted by Crippen LogP contribution is -2.44. The van der Waals surface area contributed by atoms with E-state index in [2.05, 4.69) is 33.9 Å². The molecule has 2 aromatic rings. The average molecular weight is 495 g/mol. The van der Waals surface area contributed by atoms with Crippen LogP contribution in [0.25, 0.3) is 0 Å². The minimum atomic E-state index is -2.01. The smallest absolute Gasteiger partial charge is 0.198 e. The molecule has 6 nitrogen and oxygen atoms in total. The first kappa shape index (κ1) is 25.2. The van der Waals surface area contributed by atoms with Gasteiger partial charge in [0.1, 0.15) is 17.6 Å². The van der Waals surface area contributed by atoms with Crippen molar-refractivity contribution in [1.82, 2.24) is 0 Å². The van der Waals surface area contributed by atoms with Gasteiger partial charge in [0.25, 0.3) is 0 Å². The Morgan fingerprint density at radius 1 is 0.943 bits per heavy atom. The standard InChI is InChI=1S/C28H34O6Si/c1-16-14-17(34-35(7,8)28(2,3)4)15-22(33-16)18-12-13-20-24(27(18)32-6)26(30)19-10-9-11-21(31-5)23(19)25(20)29/h9-14,17,22H,15H2,1-8H3/t17-,22+/m0/s1. The van der Waals surface area contributed by atoms with Gasteiger partial charge in [-0.3, -0.25) is 9.59 Å². The van der Waals surface area contributed by atoms with E-state index in [0.29, 0.717) is 29.0 Å². The van der Waals surface area contributed by atoms with Gasteiger partial charge in [0, 0.05) is 23.1 Å². The predicted octanol–water partition coefficient (Wildman–Crippen LogP) is 6.23. The summed E-state index contributed by atoms with van der Waals surface area (Å²) in [6.45, 7) is 13.0. The molecule has 2 aliphatic rings. The van der Waals surface area contributed by atoms with E-state index in [1.165, 1.54) is 14.2 Å². The molecule has 4 rings (SSSR count). The Morgan fingerprint density at radius 2 is 1.60 bits per heavy atom. The van der Waals surface area contributed by atoms with Crippen molar-refractivity contribution in [3.63, 3.8) is 0 Å². The maximum absolute atomic E-state index is 13.6. The third kappa shape index (κ3) is 4.32. The van der Waals surface area contributed by atoms with E-state index < -0.39 is 8.32 Å². The van der Waals surface area contributed by atoms with Gasteiger partial charge in [-0.1, -0.05) is 39.0 Å². The van der Waals surface area contributed by atoms with Crippen molar-refractivity contribution >= 4 is 19.9 Å². The molecule has 186 valence electrons. The van der Waals surface area contributed by atoms with Crippen molar-refractivity contribution < 1.29 is 28.2 Å². The SMILES string of the molecule is COc1cccc2c1C(=O)c1ccc([C@H]3C[C@@H](O[Si](C)(C)C(C)(C)C)C=C(C)O3)c(OC)c1C2=O. The Morgan fingerprint density at radius 3 is 2.23 bits per heavy atom. The minimum absolute atomic E-state index is 0.0767. The largest absolute Gasteiger partial charge is 0.496 e. The number of rotatable bonds is 5. The normalized spacial score (nSPS) is 19.9. The molecule has 1 aliphatic carbocycles. The lowest BCUT2D eigenvalue weighted by Gasteiger charge is -2.40. The Bertz CT molecular complexity index is 1220. The van der Waals surface area contributed by atoms with Gasteiger partial charge in [-0.2, -0.15) is 0 Å². The van der Waals surface area contributed by atoms with E-state index in [1.54, 1.807) is 24.3 Å². The highest BCUT2D eigenvalue weighted by Gasteiger charge is 2.41. The second kappa shape index (κ2) is 8.95. The number of allylic oxidation sites excluding steroid dienone is 1. The number of hydrogen-bond acceptors (Lipinski definition) is 6. The molecule has 0 saturated heterocycles. The fourth-order valence-corrected chi connectivity index (χ4v) is 5.84. The number of fused-ring (bicyclic) bond motifs is 2. The van der Waals surface area contributed by atoms with Crippen LogP contribution in [-0.2, 0) is 9.16 Å². The van der Waals surface area contributed by atoms with Crippen LogP contribution >= 0.6 is 0 Å². The number of carbonyl (C=O) groups is 2. The summed E-state index contributed by atoms with van der Waals surface area (Å²) in [5.41, 5.74) is 1.92. The molecule has 1 aliphatic heterocycles. The van der Waals surface area contributed by atoms with Gasteiger partial charge >= 0.3 is 0 Å². The molecule has 0 fully saturated rings. The van der Waals surface area contributed by atoms with Crippen LogP contribution in [0.5, 0.6) is 11.5 Å². The molecular weight excluding hydrogens is 460 g/mol. The van der Waals surface area contributed by atoms with Crippen LogP contribution in [0.2, 0.25) is 18.1 Å². The summed E-state index contributed by atoms with van der Waals surface area (Å²) < 4.78 is 24.0. The van der Waals surface area contributed by atoms with E-state index in [1.807, 2.05) is 19.1 Å². The van der Waals surface area contributed by atoms with E-state index in [-0.39, 0.29) is 39.9 Å². The van der Waals surface area contributed by atoms with Crippen molar-refractivity contribution in [2.24, 2.45) is 0 Å². The van der Waals surface area contributed by atoms with Crippen molar-refractivity contribution in [2.75, 3.05) is 14.2 Å². The van der Waals surface area contributed by atoms with Crippen molar-refractivity contribution in [1.29, 1.82) is 0 Å². The number of ether oxygens (including phenoxy) is 3. The van der Waals surface area contributed by atoms with Gasteiger partial charge in [0.15, 0.2) is 19.9 Å². The zero-order chi connectivity index (χ0) is 25.7. The van der Waals surface area contributed by atoms with Crippen LogP contribution in [0, 0.1) is 0 Å². The summed E-state index contributed by atoms with van der Waals surface area (Å²) >= 11 is 0. The summed E-state index contributed by atoms with van der Waals surface area (Å²) in [5.74, 6) is 1.01. The molecule has 1 heterocycles. The lowest BCUT2D eigenvalue weighted by molar-refractivity contribution is 0.0468. The lowest BCUT2D eigenvalue weighted by atomic mass is 9.81. The summed E-state index contributed by atoms with van der Waals surface area (Å²) in [7, 11) is 1.00. The van der Waals surface area contributed by atoms with E-state index >= 15 is 0 Å². The first-order chi connectivity index (χ1) is 16.4. The predicted molar refractivity (Wildman–Crippen MR) is 137 cm³/mol. The molecule has 2 atom stereocenters. The van der Waals surface area contributed by atoms with Crippen LogP contribution in [0.3, 0.4) is 0 Å². The second-order valence-electron chi connectivity index (χ2n) is 10.7. The third-order valence-electron chi connectivity index (χ3n) is 7.38. The molecule has 0 aromatic heterocycles. The minimum Gasteiger partial charge on any atom is -0.496 e. The number of hydrogen-bond donors (Lipinski definition) is 0. The molecule has 2 aromatic carbocycles. The molecule has 0 spiro atoms. The van der Waals surface area contributed by atoms with E-state index in [9.17, 15) is 9.59 Å². The Kier molecular flexibility index (Phi) is 6.44. The maximum Gasteiger partial charge on any atom is 0.198 e.